The number of rotatable bonds is 3. The highest BCUT2D eigenvalue weighted by molar-refractivity contribution is 9.10. The van der Waals surface area contributed by atoms with Crippen LogP contribution in [0.5, 0.6) is 0 Å². The Morgan fingerprint density at radius 1 is 1.46 bits per heavy atom. The minimum absolute atomic E-state index is 0.122. The molecule has 0 aliphatic carbocycles. The van der Waals surface area contributed by atoms with Gasteiger partial charge in [0, 0.05) is 6.54 Å². The molecule has 0 aliphatic heterocycles. The van der Waals surface area contributed by atoms with E-state index in [9.17, 15) is 8.78 Å². The second-order valence-corrected chi connectivity index (χ2v) is 3.15. The molecule has 0 heterocycles. The van der Waals surface area contributed by atoms with Crippen molar-refractivity contribution < 1.29 is 13.6 Å². The van der Waals surface area contributed by atoms with Crippen LogP contribution in [-0.4, -0.2) is 7.11 Å². The lowest BCUT2D eigenvalue weighted by Crippen LogP contribution is -2.11. The van der Waals surface area contributed by atoms with Crippen molar-refractivity contribution in [3.05, 3.63) is 33.8 Å². The normalized spacial score (nSPS) is 10.5. The second kappa shape index (κ2) is 4.64. The largest absolute Gasteiger partial charge is 0.305 e. The molecule has 5 heteroatoms. The van der Waals surface area contributed by atoms with Crippen molar-refractivity contribution in [2.24, 2.45) is 0 Å². The number of hydroxylamine groups is 1. The van der Waals surface area contributed by atoms with Gasteiger partial charge in [0.15, 0.2) is 11.6 Å². The van der Waals surface area contributed by atoms with Crippen LogP contribution in [0.1, 0.15) is 5.56 Å². The average Bonchev–Trinajstić information content (AvgIpc) is 2.13. The highest BCUT2D eigenvalue weighted by Crippen LogP contribution is 2.22. The lowest BCUT2D eigenvalue weighted by Gasteiger charge is -2.05. The Kier molecular flexibility index (Phi) is 3.77. The van der Waals surface area contributed by atoms with Gasteiger partial charge in [0.25, 0.3) is 0 Å². The van der Waals surface area contributed by atoms with Gasteiger partial charge in [0.2, 0.25) is 0 Å². The molecule has 13 heavy (non-hydrogen) atoms. The summed E-state index contributed by atoms with van der Waals surface area (Å²) < 4.78 is 25.7. The minimum Gasteiger partial charge on any atom is -0.305 e. The summed E-state index contributed by atoms with van der Waals surface area (Å²) in [6.45, 7) is 0.314. The molecular weight excluding hydrogens is 244 g/mol. The van der Waals surface area contributed by atoms with Gasteiger partial charge >= 0.3 is 0 Å². The summed E-state index contributed by atoms with van der Waals surface area (Å²) in [7, 11) is 1.45. The number of hydrogen-bond acceptors (Lipinski definition) is 2. The fourth-order valence-corrected chi connectivity index (χ4v) is 1.31. The number of hydrogen-bond donors (Lipinski definition) is 1. The van der Waals surface area contributed by atoms with Crippen LogP contribution >= 0.6 is 15.9 Å². The fraction of sp³-hybridized carbons (Fsp3) is 0.250. The maximum absolute atomic E-state index is 12.9. The van der Waals surface area contributed by atoms with Gasteiger partial charge in [-0.1, -0.05) is 6.07 Å². The molecule has 2 nitrogen and oxygen atoms in total. The summed E-state index contributed by atoms with van der Waals surface area (Å²) in [6.07, 6.45) is 0. The van der Waals surface area contributed by atoms with Crippen LogP contribution in [0.15, 0.2) is 16.6 Å². The van der Waals surface area contributed by atoms with Crippen LogP contribution in [0.25, 0.3) is 0 Å². The summed E-state index contributed by atoms with van der Waals surface area (Å²) in [4.78, 5) is 4.58. The molecule has 1 aromatic rings. The smallest absolute Gasteiger partial charge is 0.173 e. The quantitative estimate of drug-likeness (QED) is 0.658. The van der Waals surface area contributed by atoms with Crippen molar-refractivity contribution in [3.8, 4) is 0 Å². The van der Waals surface area contributed by atoms with Gasteiger partial charge in [0.05, 0.1) is 11.6 Å². The fourth-order valence-electron chi connectivity index (χ4n) is 0.852. The van der Waals surface area contributed by atoms with E-state index < -0.39 is 11.6 Å². The molecule has 72 valence electrons. The maximum Gasteiger partial charge on any atom is 0.173 e. The third kappa shape index (κ3) is 2.46. The first-order valence-electron chi connectivity index (χ1n) is 3.55. The predicted octanol–water partition coefficient (Wildman–Crippen LogP) is 2.38. The van der Waals surface area contributed by atoms with Crippen molar-refractivity contribution in [1.82, 2.24) is 5.48 Å². The summed E-state index contributed by atoms with van der Waals surface area (Å²) in [5, 5.41) is 0. The first kappa shape index (κ1) is 10.6. The zero-order chi connectivity index (χ0) is 9.84. The second-order valence-electron chi connectivity index (χ2n) is 2.36. The van der Waals surface area contributed by atoms with Crippen LogP contribution in [0, 0.1) is 11.6 Å². The number of benzene rings is 1. The van der Waals surface area contributed by atoms with E-state index in [0.717, 1.165) is 6.07 Å². The molecule has 0 atom stereocenters. The Hall–Kier alpha value is -0.520. The monoisotopic (exact) mass is 251 g/mol. The Bertz CT molecular complexity index is 306. The van der Waals surface area contributed by atoms with Crippen molar-refractivity contribution in [3.63, 3.8) is 0 Å². The summed E-state index contributed by atoms with van der Waals surface area (Å²) in [5.41, 5.74) is 3.13. The SMILES string of the molecule is CONCc1ccc(F)c(F)c1Br. The molecule has 0 fully saturated rings. The Labute approximate surface area is 83.0 Å². The molecule has 0 unspecified atom stereocenters. The van der Waals surface area contributed by atoms with E-state index >= 15 is 0 Å². The van der Waals surface area contributed by atoms with Crippen LogP contribution in [0.4, 0.5) is 8.78 Å². The van der Waals surface area contributed by atoms with E-state index in [1.54, 1.807) is 0 Å². The molecule has 0 aromatic heterocycles. The topological polar surface area (TPSA) is 21.3 Å². The van der Waals surface area contributed by atoms with E-state index in [2.05, 4.69) is 26.2 Å². The molecule has 0 saturated carbocycles. The average molecular weight is 252 g/mol. The molecule has 1 N–H and O–H groups in total. The van der Waals surface area contributed by atoms with Gasteiger partial charge in [-0.05, 0) is 27.6 Å². The van der Waals surface area contributed by atoms with Gasteiger partial charge in [-0.25, -0.2) is 8.78 Å². The van der Waals surface area contributed by atoms with Gasteiger partial charge in [-0.3, -0.25) is 0 Å². The first-order valence-corrected chi connectivity index (χ1v) is 4.34. The summed E-state index contributed by atoms with van der Waals surface area (Å²) >= 11 is 2.95. The zero-order valence-corrected chi connectivity index (χ0v) is 8.49. The maximum atomic E-state index is 12.9. The first-order chi connectivity index (χ1) is 6.16. The third-order valence-corrected chi connectivity index (χ3v) is 2.38. The number of nitrogens with one attached hydrogen (secondary N) is 1. The molecule has 0 aliphatic rings. The van der Waals surface area contributed by atoms with E-state index in [-0.39, 0.29) is 4.47 Å². The van der Waals surface area contributed by atoms with E-state index in [0.29, 0.717) is 12.1 Å². The molecule has 0 spiro atoms. The van der Waals surface area contributed by atoms with E-state index in [1.807, 2.05) is 0 Å². The summed E-state index contributed by atoms with van der Waals surface area (Å²) in [6, 6.07) is 2.56. The predicted molar refractivity (Wildman–Crippen MR) is 47.9 cm³/mol. The standard InChI is InChI=1S/C8H8BrF2NO/c1-13-12-4-5-2-3-6(10)8(11)7(5)9/h2-3,12H,4H2,1H3. The molecular formula is C8H8BrF2NO. The Balaban J connectivity index is 2.90. The van der Waals surface area contributed by atoms with Gasteiger partial charge in [-0.2, -0.15) is 5.48 Å². The van der Waals surface area contributed by atoms with Crippen LogP contribution < -0.4 is 5.48 Å². The van der Waals surface area contributed by atoms with E-state index in [1.165, 1.54) is 13.2 Å². The van der Waals surface area contributed by atoms with Crippen LogP contribution in [-0.2, 0) is 11.4 Å². The van der Waals surface area contributed by atoms with Crippen LogP contribution in [0.3, 0.4) is 0 Å². The Morgan fingerprint density at radius 3 is 2.77 bits per heavy atom. The van der Waals surface area contributed by atoms with Crippen molar-refractivity contribution in [1.29, 1.82) is 0 Å². The molecule has 0 amide bonds. The third-order valence-electron chi connectivity index (χ3n) is 1.52. The molecule has 0 saturated heterocycles. The molecule has 1 aromatic carbocycles. The Morgan fingerprint density at radius 2 is 2.15 bits per heavy atom. The zero-order valence-electron chi connectivity index (χ0n) is 6.90. The van der Waals surface area contributed by atoms with E-state index in [4.69, 9.17) is 0 Å². The lowest BCUT2D eigenvalue weighted by molar-refractivity contribution is 0.0865. The van der Waals surface area contributed by atoms with Crippen molar-refractivity contribution in [2.45, 2.75) is 6.54 Å². The summed E-state index contributed by atoms with van der Waals surface area (Å²) in [5.74, 6) is -1.75. The minimum atomic E-state index is -0.879. The molecule has 0 radical (unpaired) electrons. The highest BCUT2D eigenvalue weighted by atomic mass is 79.9. The van der Waals surface area contributed by atoms with Gasteiger partial charge in [-0.15, -0.1) is 0 Å². The molecule has 0 bridgehead atoms. The van der Waals surface area contributed by atoms with Gasteiger partial charge < -0.3 is 4.84 Å². The molecule has 1 rings (SSSR count). The van der Waals surface area contributed by atoms with Crippen LogP contribution in [0.2, 0.25) is 0 Å². The highest BCUT2D eigenvalue weighted by Gasteiger charge is 2.10. The number of halogens is 3. The van der Waals surface area contributed by atoms with Crippen molar-refractivity contribution >= 4 is 15.9 Å². The lowest BCUT2D eigenvalue weighted by atomic mass is 10.2. The van der Waals surface area contributed by atoms with Crippen molar-refractivity contribution in [2.75, 3.05) is 7.11 Å². The van der Waals surface area contributed by atoms with Gasteiger partial charge in [0.1, 0.15) is 0 Å².